The Hall–Kier alpha value is -2.78. The van der Waals surface area contributed by atoms with Crippen LogP contribution in [0.25, 0.3) is 10.9 Å². The monoisotopic (exact) mass is 519 g/mol. The number of thiocarbonyl (C=S) groups is 1. The molecule has 7 nitrogen and oxygen atoms in total. The predicted octanol–water partition coefficient (Wildman–Crippen LogP) is 4.55. The van der Waals surface area contributed by atoms with E-state index in [9.17, 15) is 4.79 Å². The van der Waals surface area contributed by atoms with Gasteiger partial charge in [-0.3, -0.25) is 9.69 Å². The van der Waals surface area contributed by atoms with Crippen LogP contribution in [0.3, 0.4) is 0 Å². The van der Waals surface area contributed by atoms with Crippen molar-refractivity contribution in [3.05, 3.63) is 64.8 Å². The molecule has 4 heterocycles. The van der Waals surface area contributed by atoms with Gasteiger partial charge in [0.2, 0.25) is 0 Å². The average Bonchev–Trinajstić information content (AvgIpc) is 3.23. The van der Waals surface area contributed by atoms with Gasteiger partial charge in [0.25, 0.3) is 0 Å². The molecule has 3 atom stereocenters. The van der Waals surface area contributed by atoms with E-state index >= 15 is 0 Å². The first kappa shape index (κ1) is 24.6. The number of benzene rings is 2. The standard InChI is InChI=1S/C29H33N3O4S/c1-30-18-31-15-23(29(30)37)28-22-13-21(34-2)10-11-24(22)32(25(28)16-31)14-19-6-8-20(9-7-19)26(33)17-36-27-5-3-4-12-35-27/h6-11,13,23,27H,3-5,12,14-18H2,1-2H3. The molecule has 1 aromatic heterocycles. The van der Waals surface area contributed by atoms with Crippen LogP contribution in [-0.4, -0.2) is 72.0 Å². The van der Waals surface area contributed by atoms with E-state index in [1.165, 1.54) is 22.2 Å². The van der Waals surface area contributed by atoms with Crippen molar-refractivity contribution in [1.29, 1.82) is 0 Å². The summed E-state index contributed by atoms with van der Waals surface area (Å²) in [5, 5.41) is 1.21. The second-order valence-electron chi connectivity index (χ2n) is 10.3. The topological polar surface area (TPSA) is 56.2 Å². The molecule has 3 aliphatic rings. The molecular formula is C29H33N3O4S. The number of carbonyl (C=O) groups is 1. The van der Waals surface area contributed by atoms with Gasteiger partial charge in [-0.25, -0.2) is 0 Å². The summed E-state index contributed by atoms with van der Waals surface area (Å²) in [6.07, 6.45) is 2.74. The zero-order valence-corrected chi connectivity index (χ0v) is 22.3. The first-order chi connectivity index (χ1) is 18.0. The normalized spacial score (nSPS) is 23.2. The Morgan fingerprint density at radius 2 is 2.00 bits per heavy atom. The van der Waals surface area contributed by atoms with Gasteiger partial charge >= 0.3 is 0 Å². The zero-order valence-electron chi connectivity index (χ0n) is 21.4. The zero-order chi connectivity index (χ0) is 25.5. The summed E-state index contributed by atoms with van der Waals surface area (Å²) in [5.74, 6) is 1.03. The Kier molecular flexibility index (Phi) is 6.75. The highest BCUT2D eigenvalue weighted by molar-refractivity contribution is 7.80. The summed E-state index contributed by atoms with van der Waals surface area (Å²) < 4.78 is 19.3. The van der Waals surface area contributed by atoms with Crippen LogP contribution in [0.2, 0.25) is 0 Å². The third-order valence-electron chi connectivity index (χ3n) is 7.83. The highest BCUT2D eigenvalue weighted by Crippen LogP contribution is 2.41. The molecule has 0 N–H and O–H groups in total. The molecule has 2 fully saturated rings. The Balaban J connectivity index is 1.27. The maximum Gasteiger partial charge on any atom is 0.188 e. The van der Waals surface area contributed by atoms with E-state index in [1.54, 1.807) is 7.11 Å². The van der Waals surface area contributed by atoms with Gasteiger partial charge in [0.05, 0.1) is 18.8 Å². The molecule has 2 bridgehead atoms. The smallest absolute Gasteiger partial charge is 0.188 e. The first-order valence-corrected chi connectivity index (χ1v) is 13.4. The number of hydrogen-bond donors (Lipinski definition) is 0. The number of Topliss-reactive ketones (excluding diaryl/α,β-unsaturated/α-hetero) is 1. The van der Waals surface area contributed by atoms with Crippen molar-refractivity contribution in [3.8, 4) is 5.75 Å². The number of hydrogen-bond acceptors (Lipinski definition) is 6. The van der Waals surface area contributed by atoms with Crippen molar-refractivity contribution >= 4 is 33.9 Å². The van der Waals surface area contributed by atoms with Gasteiger partial charge in [0.15, 0.2) is 12.1 Å². The van der Waals surface area contributed by atoms with Crippen molar-refractivity contribution in [2.45, 2.75) is 44.6 Å². The third kappa shape index (κ3) is 4.68. The average molecular weight is 520 g/mol. The van der Waals surface area contributed by atoms with E-state index in [0.717, 1.165) is 61.9 Å². The van der Waals surface area contributed by atoms with Crippen LogP contribution in [0, 0.1) is 0 Å². The molecule has 0 amide bonds. The summed E-state index contributed by atoms with van der Waals surface area (Å²) in [4.78, 5) is 18.4. The van der Waals surface area contributed by atoms with Crippen molar-refractivity contribution < 1.29 is 19.0 Å². The fourth-order valence-corrected chi connectivity index (χ4v) is 6.17. The number of ketones is 1. The molecule has 37 heavy (non-hydrogen) atoms. The number of likely N-dealkylation sites (N-methyl/N-ethyl adjacent to an activating group) is 1. The minimum absolute atomic E-state index is 0.0186. The van der Waals surface area contributed by atoms with Crippen molar-refractivity contribution in [2.75, 3.05) is 40.6 Å². The Morgan fingerprint density at radius 1 is 1.16 bits per heavy atom. The highest BCUT2D eigenvalue weighted by Gasteiger charge is 2.38. The van der Waals surface area contributed by atoms with E-state index in [1.807, 2.05) is 18.2 Å². The lowest BCUT2D eigenvalue weighted by Crippen LogP contribution is -2.52. The van der Waals surface area contributed by atoms with Gasteiger partial charge in [0.1, 0.15) is 12.4 Å². The van der Waals surface area contributed by atoms with E-state index < -0.39 is 0 Å². The van der Waals surface area contributed by atoms with Crippen LogP contribution >= 0.6 is 12.2 Å². The Bertz CT molecular complexity index is 1330. The van der Waals surface area contributed by atoms with Crippen molar-refractivity contribution in [2.24, 2.45) is 0 Å². The minimum Gasteiger partial charge on any atom is -0.497 e. The molecule has 0 aliphatic carbocycles. The van der Waals surface area contributed by atoms with Gasteiger partial charge < -0.3 is 23.7 Å². The lowest BCUT2D eigenvalue weighted by molar-refractivity contribution is -0.155. The summed E-state index contributed by atoms with van der Waals surface area (Å²) in [6.45, 7) is 4.17. The number of ether oxygens (including phenoxy) is 3. The van der Waals surface area contributed by atoms with Gasteiger partial charge in [-0.1, -0.05) is 36.5 Å². The number of carbonyl (C=O) groups excluding carboxylic acids is 1. The highest BCUT2D eigenvalue weighted by atomic mass is 32.1. The first-order valence-electron chi connectivity index (χ1n) is 13.0. The van der Waals surface area contributed by atoms with Crippen molar-refractivity contribution in [3.63, 3.8) is 0 Å². The molecule has 3 unspecified atom stereocenters. The Labute approximate surface area is 222 Å². The van der Waals surface area contributed by atoms with E-state index in [-0.39, 0.29) is 24.6 Å². The van der Waals surface area contributed by atoms with E-state index in [0.29, 0.717) is 12.2 Å². The molecule has 0 radical (unpaired) electrons. The number of fused-ring (bicyclic) bond motifs is 6. The molecular weight excluding hydrogens is 486 g/mol. The van der Waals surface area contributed by atoms with Crippen LogP contribution in [0.15, 0.2) is 42.5 Å². The summed E-state index contributed by atoms with van der Waals surface area (Å²) in [5.41, 5.74) is 5.64. The summed E-state index contributed by atoms with van der Waals surface area (Å²) in [6, 6.07) is 14.2. The Morgan fingerprint density at radius 3 is 2.76 bits per heavy atom. The molecule has 6 rings (SSSR count). The van der Waals surface area contributed by atoms with Gasteiger partial charge in [-0.2, -0.15) is 0 Å². The molecule has 2 aromatic carbocycles. The molecule has 0 saturated carbocycles. The van der Waals surface area contributed by atoms with Crippen LogP contribution < -0.4 is 4.74 Å². The number of rotatable bonds is 7. The molecule has 0 spiro atoms. The van der Waals surface area contributed by atoms with Crippen LogP contribution in [0.5, 0.6) is 5.75 Å². The number of nitrogens with zero attached hydrogens (tertiary/aromatic N) is 3. The molecule has 2 saturated heterocycles. The van der Waals surface area contributed by atoms with Crippen LogP contribution in [-0.2, 0) is 22.6 Å². The van der Waals surface area contributed by atoms with E-state index in [2.05, 4.69) is 45.7 Å². The van der Waals surface area contributed by atoms with Gasteiger partial charge in [-0.05, 0) is 48.6 Å². The van der Waals surface area contributed by atoms with E-state index in [4.69, 9.17) is 26.4 Å². The molecule has 194 valence electrons. The summed E-state index contributed by atoms with van der Waals surface area (Å²) >= 11 is 5.89. The van der Waals surface area contributed by atoms with Crippen molar-refractivity contribution in [1.82, 2.24) is 14.4 Å². The third-order valence-corrected chi connectivity index (χ3v) is 8.42. The maximum absolute atomic E-state index is 12.7. The predicted molar refractivity (Wildman–Crippen MR) is 146 cm³/mol. The fraction of sp³-hybridized carbons (Fsp3) is 0.448. The fourth-order valence-electron chi connectivity index (χ4n) is 5.92. The number of aromatic nitrogens is 1. The van der Waals surface area contributed by atoms with Gasteiger partial charge in [-0.15, -0.1) is 0 Å². The lowest BCUT2D eigenvalue weighted by atomic mass is 9.90. The lowest BCUT2D eigenvalue weighted by Gasteiger charge is -2.44. The SMILES string of the molecule is COc1ccc2c(c1)c1c(n2Cc2ccc(C(=O)COC3CCCCO3)cc2)CN2CC1C(=S)N(C)C2. The maximum atomic E-state index is 12.7. The molecule has 8 heteroatoms. The minimum atomic E-state index is -0.258. The largest absolute Gasteiger partial charge is 0.497 e. The second kappa shape index (κ2) is 10.2. The van der Waals surface area contributed by atoms with Gasteiger partial charge in [0, 0.05) is 61.4 Å². The second-order valence-corrected chi connectivity index (χ2v) is 10.7. The van der Waals surface area contributed by atoms with Crippen LogP contribution in [0.1, 0.15) is 52.4 Å². The van der Waals surface area contributed by atoms with Crippen LogP contribution in [0.4, 0.5) is 0 Å². The molecule has 3 aromatic rings. The molecule has 3 aliphatic heterocycles. The quantitative estimate of drug-likeness (QED) is 0.335. The summed E-state index contributed by atoms with van der Waals surface area (Å²) in [7, 11) is 3.80. The number of methoxy groups -OCH3 is 1.